The SMILES string of the molecule is CC1C(F)=c2c(N(C)c3cccc(-c4ccc(C(C)(F)F)nc4)c3)nc3nncn3c2=CC1Cl. The summed E-state index contributed by atoms with van der Waals surface area (Å²) in [5.41, 5.74) is 1.87. The van der Waals surface area contributed by atoms with Crippen molar-refractivity contribution in [1.29, 1.82) is 0 Å². The second-order valence-corrected chi connectivity index (χ2v) is 8.88. The number of nitrogens with zero attached hydrogens (tertiary/aromatic N) is 6. The highest BCUT2D eigenvalue weighted by molar-refractivity contribution is 6.24. The molecule has 0 radical (unpaired) electrons. The Balaban J connectivity index is 1.63. The second-order valence-electron chi connectivity index (χ2n) is 8.37. The molecule has 0 bridgehead atoms. The fraction of sp³-hybridized carbons (Fsp3) is 0.250. The van der Waals surface area contributed by atoms with E-state index in [9.17, 15) is 8.78 Å². The van der Waals surface area contributed by atoms with Crippen LogP contribution in [0.2, 0.25) is 0 Å². The van der Waals surface area contributed by atoms with Crippen LogP contribution in [0, 0.1) is 5.92 Å². The van der Waals surface area contributed by atoms with E-state index in [0.717, 1.165) is 18.2 Å². The number of alkyl halides is 3. The van der Waals surface area contributed by atoms with Crippen molar-refractivity contribution in [3.8, 4) is 11.1 Å². The number of rotatable bonds is 4. The number of halogens is 4. The number of aromatic nitrogens is 5. The number of anilines is 2. The lowest BCUT2D eigenvalue weighted by Crippen LogP contribution is -2.43. The molecule has 1 aliphatic rings. The smallest absolute Gasteiger partial charge is 0.286 e. The Kier molecular flexibility index (Phi) is 5.31. The Labute approximate surface area is 198 Å². The number of hydrogen-bond donors (Lipinski definition) is 0. The van der Waals surface area contributed by atoms with Gasteiger partial charge in [0.25, 0.3) is 11.7 Å². The average Bonchev–Trinajstić information content (AvgIpc) is 3.30. The molecule has 0 saturated heterocycles. The summed E-state index contributed by atoms with van der Waals surface area (Å²) in [6.07, 6.45) is 4.68. The number of fused-ring (bicyclic) bond motifs is 3. The van der Waals surface area contributed by atoms with Crippen LogP contribution in [0.25, 0.3) is 28.8 Å². The molecule has 1 aliphatic carbocycles. The molecule has 0 N–H and O–H groups in total. The summed E-state index contributed by atoms with van der Waals surface area (Å²) in [6.45, 7) is 2.54. The van der Waals surface area contributed by atoms with Gasteiger partial charge in [-0.1, -0.05) is 25.1 Å². The van der Waals surface area contributed by atoms with Crippen molar-refractivity contribution in [2.45, 2.75) is 25.1 Å². The van der Waals surface area contributed by atoms with E-state index in [1.807, 2.05) is 24.3 Å². The molecular weight excluding hydrogens is 465 g/mol. The van der Waals surface area contributed by atoms with Gasteiger partial charge in [0.15, 0.2) is 0 Å². The fourth-order valence-corrected chi connectivity index (χ4v) is 4.23. The molecule has 0 saturated carbocycles. The summed E-state index contributed by atoms with van der Waals surface area (Å²) in [5.74, 6) is -3.21. The summed E-state index contributed by atoms with van der Waals surface area (Å²) < 4.78 is 44.2. The minimum absolute atomic E-state index is 0.295. The molecular formula is C24H20ClF3N6. The molecule has 174 valence electrons. The Hall–Kier alpha value is -3.46. The van der Waals surface area contributed by atoms with E-state index in [-0.39, 0.29) is 11.5 Å². The fourth-order valence-electron chi connectivity index (χ4n) is 4.00. The maximum Gasteiger partial charge on any atom is 0.286 e. The Morgan fingerprint density at radius 3 is 2.65 bits per heavy atom. The highest BCUT2D eigenvalue weighted by Crippen LogP contribution is 2.30. The van der Waals surface area contributed by atoms with Gasteiger partial charge in [0, 0.05) is 37.3 Å². The van der Waals surface area contributed by atoms with Gasteiger partial charge in [-0.25, -0.2) is 4.39 Å². The molecule has 10 heteroatoms. The van der Waals surface area contributed by atoms with Crippen molar-refractivity contribution in [1.82, 2.24) is 24.6 Å². The monoisotopic (exact) mass is 484 g/mol. The second kappa shape index (κ2) is 8.09. The number of pyridine rings is 1. The minimum Gasteiger partial charge on any atom is -0.329 e. The molecule has 1 aromatic carbocycles. The molecule has 2 atom stereocenters. The predicted molar refractivity (Wildman–Crippen MR) is 125 cm³/mol. The molecule has 5 rings (SSSR count). The van der Waals surface area contributed by atoms with Crippen molar-refractivity contribution in [3.05, 3.63) is 65.2 Å². The van der Waals surface area contributed by atoms with Crippen molar-refractivity contribution < 1.29 is 13.2 Å². The number of benzene rings is 1. The molecule has 3 aromatic heterocycles. The Morgan fingerprint density at radius 1 is 1.15 bits per heavy atom. The molecule has 2 unspecified atom stereocenters. The average molecular weight is 485 g/mol. The molecule has 3 heterocycles. The van der Waals surface area contributed by atoms with Gasteiger partial charge in [-0.15, -0.1) is 21.8 Å². The van der Waals surface area contributed by atoms with E-state index in [4.69, 9.17) is 11.6 Å². The highest BCUT2D eigenvalue weighted by atomic mass is 35.5. The van der Waals surface area contributed by atoms with Gasteiger partial charge in [-0.3, -0.25) is 9.38 Å². The van der Waals surface area contributed by atoms with Crippen LogP contribution in [0.4, 0.5) is 24.7 Å². The Morgan fingerprint density at radius 2 is 1.94 bits per heavy atom. The van der Waals surface area contributed by atoms with Crippen LogP contribution in [-0.2, 0) is 5.92 Å². The van der Waals surface area contributed by atoms with Crippen LogP contribution >= 0.6 is 11.6 Å². The van der Waals surface area contributed by atoms with Crippen molar-refractivity contribution in [3.63, 3.8) is 0 Å². The van der Waals surface area contributed by atoms with E-state index in [1.54, 1.807) is 35.4 Å². The first-order chi connectivity index (χ1) is 16.1. The third kappa shape index (κ3) is 3.69. The molecule has 34 heavy (non-hydrogen) atoms. The molecule has 0 fully saturated rings. The zero-order valence-electron chi connectivity index (χ0n) is 18.5. The van der Waals surface area contributed by atoms with E-state index in [1.165, 1.54) is 18.6 Å². The van der Waals surface area contributed by atoms with E-state index >= 15 is 4.39 Å². The first kappa shape index (κ1) is 22.3. The van der Waals surface area contributed by atoms with Crippen LogP contribution in [0.15, 0.2) is 48.9 Å². The molecule has 6 nitrogen and oxygen atoms in total. The van der Waals surface area contributed by atoms with E-state index in [2.05, 4.69) is 20.2 Å². The van der Waals surface area contributed by atoms with E-state index < -0.39 is 17.2 Å². The largest absolute Gasteiger partial charge is 0.329 e. The normalized spacial score (nSPS) is 18.0. The maximum atomic E-state index is 15.5. The van der Waals surface area contributed by atoms with Gasteiger partial charge in [-0.2, -0.15) is 13.8 Å². The third-order valence-corrected chi connectivity index (χ3v) is 6.51. The lowest BCUT2D eigenvalue weighted by Gasteiger charge is -2.24. The van der Waals surface area contributed by atoms with Crippen LogP contribution in [0.1, 0.15) is 19.5 Å². The first-order valence-corrected chi connectivity index (χ1v) is 11.0. The highest BCUT2D eigenvalue weighted by Gasteiger charge is 2.27. The van der Waals surface area contributed by atoms with Gasteiger partial charge in [0.05, 0.1) is 15.9 Å². The topological polar surface area (TPSA) is 59.2 Å². The van der Waals surface area contributed by atoms with Crippen LogP contribution in [0.5, 0.6) is 0 Å². The predicted octanol–water partition coefficient (Wildman–Crippen LogP) is 4.18. The van der Waals surface area contributed by atoms with Gasteiger partial charge in [-0.05, 0) is 29.8 Å². The van der Waals surface area contributed by atoms with Crippen molar-refractivity contribution >= 4 is 40.8 Å². The van der Waals surface area contributed by atoms with Gasteiger partial charge in [0.2, 0.25) is 0 Å². The van der Waals surface area contributed by atoms with Crippen LogP contribution in [-0.4, -0.2) is 37.0 Å². The Bertz CT molecular complexity index is 1510. The quantitative estimate of drug-likeness (QED) is 0.407. The van der Waals surface area contributed by atoms with Gasteiger partial charge < -0.3 is 4.90 Å². The summed E-state index contributed by atoms with van der Waals surface area (Å²) in [4.78, 5) is 10.2. The van der Waals surface area contributed by atoms with Crippen molar-refractivity contribution in [2.75, 3.05) is 11.9 Å². The lowest BCUT2D eigenvalue weighted by atomic mass is 9.99. The van der Waals surface area contributed by atoms with E-state index in [0.29, 0.717) is 27.7 Å². The zero-order chi connectivity index (χ0) is 24.2. The summed E-state index contributed by atoms with van der Waals surface area (Å²) in [7, 11) is 1.78. The summed E-state index contributed by atoms with van der Waals surface area (Å²) in [6, 6.07) is 10.3. The zero-order valence-corrected chi connectivity index (χ0v) is 19.3. The summed E-state index contributed by atoms with van der Waals surface area (Å²) >= 11 is 6.38. The van der Waals surface area contributed by atoms with Crippen LogP contribution < -0.4 is 15.5 Å². The summed E-state index contributed by atoms with van der Waals surface area (Å²) in [5, 5.41) is 8.30. The minimum atomic E-state index is -3.01. The molecule has 0 amide bonds. The molecule has 0 aliphatic heterocycles. The number of hydrogen-bond acceptors (Lipinski definition) is 5. The maximum absolute atomic E-state index is 15.5. The van der Waals surface area contributed by atoms with Gasteiger partial charge in [0.1, 0.15) is 23.7 Å². The first-order valence-electron chi connectivity index (χ1n) is 10.6. The van der Waals surface area contributed by atoms with Crippen LogP contribution in [0.3, 0.4) is 0 Å². The third-order valence-electron chi connectivity index (χ3n) is 6.01. The van der Waals surface area contributed by atoms with Gasteiger partial charge >= 0.3 is 0 Å². The lowest BCUT2D eigenvalue weighted by molar-refractivity contribution is 0.0128. The molecule has 0 spiro atoms. The standard InChI is InChI=1S/C24H20ClF3N6/c1-13-17(25)10-18-20(21(13)26)22(31-23-32-30-12-34(18)23)33(3)16-6-4-5-14(9-16)15-7-8-19(29-11-15)24(2,27)28/h4-13,17H,1-3H3. The van der Waals surface area contributed by atoms with Crippen molar-refractivity contribution in [2.24, 2.45) is 5.92 Å². The molecule has 4 aromatic rings.